The molecule has 0 radical (unpaired) electrons. The molecule has 1 heterocycles. The molecule has 0 aliphatic heterocycles. The standard InChI is InChI=1S/C22H29N3O2/c1-5-7-17(6-2)12-18-8-10-19(11-9-18)20-13-21(27)24-25-22(16(4)26)15(3)14-23-20/h8-11,13-14,17,25H,5-7,12H2,1-4H3,(H,24,27). The Morgan fingerprint density at radius 1 is 1.15 bits per heavy atom. The second-order valence-electron chi connectivity index (χ2n) is 6.98. The highest BCUT2D eigenvalue weighted by Crippen LogP contribution is 2.20. The lowest BCUT2D eigenvalue weighted by Gasteiger charge is -2.13. The van der Waals surface area contributed by atoms with Crippen LogP contribution in [0.15, 0.2) is 41.3 Å². The Kier molecular flexibility index (Phi) is 7.53. The summed E-state index contributed by atoms with van der Waals surface area (Å²) in [6.07, 6.45) is 6.31. The largest absolute Gasteiger partial charge is 0.294 e. The number of nitrogens with one attached hydrogen (secondary N) is 2. The number of Topliss-reactive ketones (excluding diaryl/α,β-unsaturated/α-hetero) is 1. The maximum atomic E-state index is 12.1. The number of ketones is 1. The molecule has 5 heteroatoms. The lowest BCUT2D eigenvalue weighted by molar-refractivity contribution is 0.101. The van der Waals surface area contributed by atoms with Gasteiger partial charge in [-0.25, -0.2) is 0 Å². The number of carbonyl (C=O) groups is 1. The van der Waals surface area contributed by atoms with Crippen molar-refractivity contribution >= 4 is 5.78 Å². The zero-order valence-electron chi connectivity index (χ0n) is 16.6. The average Bonchev–Trinajstić information content (AvgIpc) is 2.71. The maximum Gasteiger partial charge on any atom is 0.264 e. The molecule has 2 N–H and O–H groups in total. The highest BCUT2D eigenvalue weighted by Gasteiger charge is 2.07. The molecule has 144 valence electrons. The van der Waals surface area contributed by atoms with Crippen molar-refractivity contribution < 1.29 is 4.79 Å². The summed E-state index contributed by atoms with van der Waals surface area (Å²) in [5.74, 6) is 0.544. The van der Waals surface area contributed by atoms with Gasteiger partial charge >= 0.3 is 0 Å². The molecule has 0 aliphatic rings. The molecule has 5 nitrogen and oxygen atoms in total. The van der Waals surface area contributed by atoms with Crippen LogP contribution in [0.4, 0.5) is 0 Å². The highest BCUT2D eigenvalue weighted by molar-refractivity contribution is 5.93. The van der Waals surface area contributed by atoms with Crippen LogP contribution in [0.2, 0.25) is 0 Å². The number of aromatic amines is 2. The van der Waals surface area contributed by atoms with Crippen LogP contribution < -0.4 is 5.56 Å². The Hall–Kier alpha value is -2.69. The van der Waals surface area contributed by atoms with Crippen molar-refractivity contribution in [2.75, 3.05) is 0 Å². The normalized spacial score (nSPS) is 11.7. The van der Waals surface area contributed by atoms with Gasteiger partial charge < -0.3 is 0 Å². The van der Waals surface area contributed by atoms with E-state index >= 15 is 0 Å². The van der Waals surface area contributed by atoms with E-state index in [2.05, 4.69) is 41.2 Å². The Balaban J connectivity index is 2.39. The quantitative estimate of drug-likeness (QED) is 0.692. The van der Waals surface area contributed by atoms with E-state index in [4.69, 9.17) is 0 Å². The second kappa shape index (κ2) is 9.86. The van der Waals surface area contributed by atoms with Crippen LogP contribution in [-0.2, 0) is 6.42 Å². The van der Waals surface area contributed by atoms with Gasteiger partial charge in [0.25, 0.3) is 5.56 Å². The van der Waals surface area contributed by atoms with Crippen molar-refractivity contribution in [3.8, 4) is 11.3 Å². The molecular formula is C22H29N3O2. The number of H-pyrrole nitrogens is 2. The predicted molar refractivity (Wildman–Crippen MR) is 109 cm³/mol. The smallest absolute Gasteiger partial charge is 0.264 e. The molecule has 0 amide bonds. The van der Waals surface area contributed by atoms with Crippen molar-refractivity contribution in [3.05, 3.63) is 63.7 Å². The summed E-state index contributed by atoms with van der Waals surface area (Å²) >= 11 is 0. The summed E-state index contributed by atoms with van der Waals surface area (Å²) in [5.41, 5.74) is 3.37. The van der Waals surface area contributed by atoms with Crippen molar-refractivity contribution in [3.63, 3.8) is 0 Å². The van der Waals surface area contributed by atoms with Gasteiger partial charge in [-0.3, -0.25) is 24.8 Å². The van der Waals surface area contributed by atoms with Crippen LogP contribution in [-0.4, -0.2) is 21.0 Å². The third-order valence-corrected chi connectivity index (χ3v) is 4.77. The van der Waals surface area contributed by atoms with Crippen molar-refractivity contribution in [2.45, 2.75) is 53.4 Å². The first-order chi connectivity index (χ1) is 12.9. The molecule has 0 saturated carbocycles. The molecule has 0 aliphatic carbocycles. The Morgan fingerprint density at radius 2 is 1.85 bits per heavy atom. The van der Waals surface area contributed by atoms with Gasteiger partial charge in [0, 0.05) is 24.8 Å². The third-order valence-electron chi connectivity index (χ3n) is 4.77. The maximum absolute atomic E-state index is 12.1. The van der Waals surface area contributed by atoms with Crippen molar-refractivity contribution in [1.82, 2.24) is 15.2 Å². The van der Waals surface area contributed by atoms with E-state index in [1.165, 1.54) is 37.8 Å². The minimum atomic E-state index is -0.353. The number of aromatic nitrogens is 3. The molecule has 0 bridgehead atoms. The number of hydrogen-bond donors (Lipinski definition) is 2. The number of rotatable bonds is 7. The fourth-order valence-electron chi connectivity index (χ4n) is 3.18. The zero-order valence-corrected chi connectivity index (χ0v) is 16.6. The molecule has 1 atom stereocenters. The average molecular weight is 367 g/mol. The first kappa shape index (κ1) is 20.6. The molecule has 27 heavy (non-hydrogen) atoms. The molecule has 2 aromatic rings. The molecule has 0 spiro atoms. The fourth-order valence-corrected chi connectivity index (χ4v) is 3.18. The third kappa shape index (κ3) is 5.91. The molecule has 1 aromatic carbocycles. The summed E-state index contributed by atoms with van der Waals surface area (Å²) in [6.45, 7) is 7.69. The van der Waals surface area contributed by atoms with Crippen LogP contribution in [0.3, 0.4) is 0 Å². The summed E-state index contributed by atoms with van der Waals surface area (Å²) < 4.78 is 0. The van der Waals surface area contributed by atoms with Gasteiger partial charge in [-0.2, -0.15) is 0 Å². The lowest BCUT2D eigenvalue weighted by Crippen LogP contribution is -2.06. The zero-order chi connectivity index (χ0) is 19.8. The van der Waals surface area contributed by atoms with Gasteiger partial charge in [-0.05, 0) is 30.4 Å². The lowest BCUT2D eigenvalue weighted by atomic mass is 9.92. The van der Waals surface area contributed by atoms with Crippen LogP contribution in [0.1, 0.15) is 61.6 Å². The van der Waals surface area contributed by atoms with Crippen LogP contribution in [0.25, 0.3) is 11.3 Å². The second-order valence-corrected chi connectivity index (χ2v) is 6.98. The minimum absolute atomic E-state index is 0.162. The summed E-state index contributed by atoms with van der Waals surface area (Å²) in [7, 11) is 0. The van der Waals surface area contributed by atoms with E-state index < -0.39 is 0 Å². The van der Waals surface area contributed by atoms with E-state index in [1.54, 1.807) is 13.1 Å². The number of nitrogens with zero attached hydrogens (tertiary/aromatic N) is 1. The summed E-state index contributed by atoms with van der Waals surface area (Å²) in [5, 5.41) is 5.20. The van der Waals surface area contributed by atoms with Crippen molar-refractivity contribution in [1.29, 1.82) is 0 Å². The highest BCUT2D eigenvalue weighted by atomic mass is 16.1. The monoisotopic (exact) mass is 367 g/mol. The van der Waals surface area contributed by atoms with Gasteiger partial charge in [0.05, 0.1) is 5.69 Å². The number of carbonyl (C=O) groups excluding carboxylic acids is 1. The molecule has 1 aromatic heterocycles. The number of aryl methyl sites for hydroxylation is 1. The van der Waals surface area contributed by atoms with Gasteiger partial charge in [0.1, 0.15) is 5.69 Å². The van der Waals surface area contributed by atoms with Gasteiger partial charge in [-0.1, -0.05) is 57.4 Å². The molecule has 2 rings (SSSR count). The molecule has 0 fully saturated rings. The van der Waals surface area contributed by atoms with E-state index in [0.717, 1.165) is 12.0 Å². The van der Waals surface area contributed by atoms with E-state index in [-0.39, 0.29) is 11.3 Å². The van der Waals surface area contributed by atoms with Gasteiger partial charge in [-0.15, -0.1) is 0 Å². The van der Waals surface area contributed by atoms with Crippen LogP contribution >= 0.6 is 0 Å². The molecule has 1 unspecified atom stereocenters. The van der Waals surface area contributed by atoms with Gasteiger partial charge in [0.15, 0.2) is 5.78 Å². The topological polar surface area (TPSA) is 78.6 Å². The summed E-state index contributed by atoms with van der Waals surface area (Å²) in [6, 6.07) is 9.65. The Labute approximate surface area is 160 Å². The van der Waals surface area contributed by atoms with E-state index in [9.17, 15) is 9.59 Å². The molecule has 0 saturated heterocycles. The number of hydrogen-bond acceptors (Lipinski definition) is 3. The first-order valence-corrected chi connectivity index (χ1v) is 9.57. The van der Waals surface area contributed by atoms with Crippen LogP contribution in [0, 0.1) is 12.8 Å². The van der Waals surface area contributed by atoms with Gasteiger partial charge in [0.2, 0.25) is 0 Å². The predicted octanol–water partition coefficient (Wildman–Crippen LogP) is 4.77. The minimum Gasteiger partial charge on any atom is -0.294 e. The first-order valence-electron chi connectivity index (χ1n) is 9.57. The Bertz CT molecular complexity index is 877. The summed E-state index contributed by atoms with van der Waals surface area (Å²) in [4.78, 5) is 28.2. The Morgan fingerprint density at radius 3 is 2.44 bits per heavy atom. The molecular weight excluding hydrogens is 338 g/mol. The van der Waals surface area contributed by atoms with Crippen LogP contribution in [0.5, 0.6) is 0 Å². The van der Waals surface area contributed by atoms with Crippen molar-refractivity contribution in [2.24, 2.45) is 5.92 Å². The van der Waals surface area contributed by atoms with E-state index in [1.807, 2.05) is 12.1 Å². The number of benzene rings is 1. The SMILES string of the molecule is CCCC(CC)Cc1ccc(-c2cc(=O)[nH][nH]c(C(C)=O)c(C)cn2)cc1. The fraction of sp³-hybridized carbons (Fsp3) is 0.409. The van der Waals surface area contributed by atoms with E-state index in [0.29, 0.717) is 22.9 Å².